The van der Waals surface area contributed by atoms with E-state index in [1.54, 1.807) is 18.0 Å². The summed E-state index contributed by atoms with van der Waals surface area (Å²) in [7, 11) is 0. The Morgan fingerprint density at radius 3 is 2.65 bits per heavy atom. The van der Waals surface area contributed by atoms with Gasteiger partial charge in [-0.05, 0) is 19.8 Å². The maximum absolute atomic E-state index is 13.2. The van der Waals surface area contributed by atoms with Gasteiger partial charge in [0, 0.05) is 28.6 Å². The molecule has 1 amide bonds. The lowest BCUT2D eigenvalue weighted by atomic mass is 9.94. The number of hydrogen-bond acceptors (Lipinski definition) is 7. The zero-order valence-electron chi connectivity index (χ0n) is 17.4. The summed E-state index contributed by atoms with van der Waals surface area (Å²) in [6, 6.07) is 9.95. The third-order valence-corrected chi connectivity index (χ3v) is 7.07. The average molecular weight is 456 g/mol. The molecule has 0 aliphatic heterocycles. The van der Waals surface area contributed by atoms with E-state index in [0.29, 0.717) is 10.8 Å². The minimum absolute atomic E-state index is 0.0433. The third kappa shape index (κ3) is 5.37. The highest BCUT2D eigenvalue weighted by Crippen LogP contribution is 2.30. The molecule has 1 unspecified atom stereocenters. The molecule has 1 fully saturated rings. The van der Waals surface area contributed by atoms with E-state index in [0.717, 1.165) is 36.3 Å². The van der Waals surface area contributed by atoms with E-state index in [-0.39, 0.29) is 18.4 Å². The lowest BCUT2D eigenvalue weighted by Crippen LogP contribution is -2.47. The van der Waals surface area contributed by atoms with Gasteiger partial charge in [-0.3, -0.25) is 14.5 Å². The van der Waals surface area contributed by atoms with Crippen molar-refractivity contribution in [2.45, 2.75) is 57.6 Å². The number of thiazole rings is 2. The van der Waals surface area contributed by atoms with Gasteiger partial charge in [-0.15, -0.1) is 22.7 Å². The van der Waals surface area contributed by atoms with Crippen molar-refractivity contribution in [2.75, 3.05) is 4.90 Å². The van der Waals surface area contributed by atoms with Gasteiger partial charge in [0.2, 0.25) is 0 Å². The van der Waals surface area contributed by atoms with E-state index in [9.17, 15) is 9.59 Å². The lowest BCUT2D eigenvalue weighted by Gasteiger charge is -2.33. The smallest absolute Gasteiger partial charge is 0.312 e. The number of ether oxygens (including phenoxy) is 1. The summed E-state index contributed by atoms with van der Waals surface area (Å²) in [5.41, 5.74) is 1.67. The summed E-state index contributed by atoms with van der Waals surface area (Å²) in [5.74, 6) is -0.660. The van der Waals surface area contributed by atoms with Crippen molar-refractivity contribution < 1.29 is 14.3 Å². The fraction of sp³-hybridized carbons (Fsp3) is 0.391. The van der Waals surface area contributed by atoms with E-state index in [2.05, 4.69) is 9.97 Å². The largest absolute Gasteiger partial charge is 0.452 e. The van der Waals surface area contributed by atoms with E-state index in [4.69, 9.17) is 4.74 Å². The van der Waals surface area contributed by atoms with Crippen molar-refractivity contribution in [1.29, 1.82) is 0 Å². The highest BCUT2D eigenvalue weighted by atomic mass is 32.1. The van der Waals surface area contributed by atoms with Crippen molar-refractivity contribution in [3.05, 3.63) is 53.0 Å². The summed E-state index contributed by atoms with van der Waals surface area (Å²) < 4.78 is 5.51. The molecule has 162 valence electrons. The van der Waals surface area contributed by atoms with Crippen molar-refractivity contribution in [1.82, 2.24) is 9.97 Å². The number of esters is 1. The predicted molar refractivity (Wildman–Crippen MR) is 123 cm³/mol. The molecule has 0 bridgehead atoms. The Bertz CT molecular complexity index is 998. The van der Waals surface area contributed by atoms with Crippen LogP contribution in [0.1, 0.15) is 44.7 Å². The van der Waals surface area contributed by atoms with Crippen LogP contribution in [-0.4, -0.2) is 34.0 Å². The predicted octanol–water partition coefficient (Wildman–Crippen LogP) is 5.11. The molecule has 6 nitrogen and oxygen atoms in total. The quantitative estimate of drug-likeness (QED) is 0.463. The monoisotopic (exact) mass is 455 g/mol. The van der Waals surface area contributed by atoms with Crippen LogP contribution in [0, 0.1) is 0 Å². The molecule has 0 N–H and O–H groups in total. The Balaban J connectivity index is 1.39. The molecule has 8 heteroatoms. The molecule has 0 radical (unpaired) electrons. The summed E-state index contributed by atoms with van der Waals surface area (Å²) in [6.45, 7) is 1.64. The first kappa shape index (κ1) is 21.6. The van der Waals surface area contributed by atoms with Crippen LogP contribution in [0.25, 0.3) is 10.6 Å². The molecule has 4 rings (SSSR count). The molecule has 0 spiro atoms. The third-order valence-electron chi connectivity index (χ3n) is 5.36. The molecule has 1 aliphatic rings. The Hall–Kier alpha value is -2.58. The number of rotatable bonds is 7. The Labute approximate surface area is 189 Å². The Morgan fingerprint density at radius 1 is 1.16 bits per heavy atom. The van der Waals surface area contributed by atoms with Gasteiger partial charge in [-0.25, -0.2) is 9.97 Å². The number of benzene rings is 1. The topological polar surface area (TPSA) is 72.4 Å². The number of nitrogens with zero attached hydrogens (tertiary/aromatic N) is 3. The van der Waals surface area contributed by atoms with Gasteiger partial charge < -0.3 is 4.74 Å². The SMILES string of the molecule is CC(OC(=O)Cc1csc(-c2ccccc2)n1)C(=O)N(c1nccs1)C1CCCCC1. The van der Waals surface area contributed by atoms with Gasteiger partial charge in [0.1, 0.15) is 5.01 Å². The minimum Gasteiger partial charge on any atom is -0.452 e. The van der Waals surface area contributed by atoms with Crippen LogP contribution < -0.4 is 4.90 Å². The molecule has 1 aliphatic carbocycles. The summed E-state index contributed by atoms with van der Waals surface area (Å²) in [5, 5.41) is 5.26. The maximum atomic E-state index is 13.2. The fourth-order valence-electron chi connectivity index (χ4n) is 3.84. The summed E-state index contributed by atoms with van der Waals surface area (Å²) >= 11 is 2.93. The molecule has 0 saturated heterocycles. The van der Waals surface area contributed by atoms with E-state index in [1.807, 2.05) is 41.1 Å². The molecule has 2 aromatic heterocycles. The second kappa shape index (κ2) is 10.2. The van der Waals surface area contributed by atoms with Crippen LogP contribution in [0.15, 0.2) is 47.3 Å². The first-order valence-electron chi connectivity index (χ1n) is 10.5. The number of hydrogen-bond donors (Lipinski definition) is 0. The van der Waals surface area contributed by atoms with Crippen molar-refractivity contribution in [3.63, 3.8) is 0 Å². The van der Waals surface area contributed by atoms with Gasteiger partial charge in [0.15, 0.2) is 11.2 Å². The van der Waals surface area contributed by atoms with Gasteiger partial charge in [-0.2, -0.15) is 0 Å². The van der Waals surface area contributed by atoms with E-state index in [1.165, 1.54) is 29.1 Å². The highest BCUT2D eigenvalue weighted by molar-refractivity contribution is 7.14. The van der Waals surface area contributed by atoms with Crippen LogP contribution >= 0.6 is 22.7 Å². The van der Waals surface area contributed by atoms with Crippen LogP contribution in [0.2, 0.25) is 0 Å². The van der Waals surface area contributed by atoms with Gasteiger partial charge in [-0.1, -0.05) is 49.6 Å². The highest BCUT2D eigenvalue weighted by Gasteiger charge is 2.33. The standard InChI is InChI=1S/C23H25N3O3S2/c1-16(22(28)26(23-24-12-13-30-23)19-10-6-3-7-11-19)29-20(27)14-18-15-31-21(25-18)17-8-4-2-5-9-17/h2,4-5,8-9,12-13,15-16,19H,3,6-7,10-11,14H2,1H3. The first-order valence-corrected chi connectivity index (χ1v) is 12.3. The van der Waals surface area contributed by atoms with Crippen molar-refractivity contribution in [2.24, 2.45) is 0 Å². The summed E-state index contributed by atoms with van der Waals surface area (Å²) in [4.78, 5) is 36.4. The zero-order chi connectivity index (χ0) is 21.6. The Kier molecular flexibility index (Phi) is 7.09. The molecular weight excluding hydrogens is 430 g/mol. The zero-order valence-corrected chi connectivity index (χ0v) is 19.0. The number of anilines is 1. The molecule has 31 heavy (non-hydrogen) atoms. The van der Waals surface area contributed by atoms with Gasteiger partial charge in [0.05, 0.1) is 12.1 Å². The van der Waals surface area contributed by atoms with Crippen LogP contribution in [0.4, 0.5) is 5.13 Å². The molecular formula is C23H25N3O3S2. The molecule has 3 aromatic rings. The number of carbonyl (C=O) groups is 2. The number of amides is 1. The van der Waals surface area contributed by atoms with Gasteiger partial charge in [0.25, 0.3) is 5.91 Å². The molecule has 1 aromatic carbocycles. The number of carbonyl (C=O) groups excluding carboxylic acids is 2. The second-order valence-electron chi connectivity index (χ2n) is 7.63. The van der Waals surface area contributed by atoms with Crippen molar-refractivity contribution in [3.8, 4) is 10.6 Å². The minimum atomic E-state index is -0.870. The normalized spacial score (nSPS) is 15.4. The molecule has 1 saturated carbocycles. The fourth-order valence-corrected chi connectivity index (χ4v) is 5.38. The van der Waals surface area contributed by atoms with Crippen LogP contribution in [0.5, 0.6) is 0 Å². The van der Waals surface area contributed by atoms with Crippen LogP contribution in [0.3, 0.4) is 0 Å². The molecule has 2 heterocycles. The average Bonchev–Trinajstić information content (AvgIpc) is 3.48. The maximum Gasteiger partial charge on any atom is 0.312 e. The van der Waals surface area contributed by atoms with Crippen LogP contribution in [-0.2, 0) is 20.7 Å². The summed E-state index contributed by atoms with van der Waals surface area (Å²) in [6.07, 6.45) is 6.17. The van der Waals surface area contributed by atoms with E-state index < -0.39 is 12.1 Å². The number of aromatic nitrogens is 2. The Morgan fingerprint density at radius 2 is 1.94 bits per heavy atom. The van der Waals surface area contributed by atoms with Gasteiger partial charge >= 0.3 is 5.97 Å². The van der Waals surface area contributed by atoms with E-state index >= 15 is 0 Å². The lowest BCUT2D eigenvalue weighted by molar-refractivity contribution is -0.153. The first-order chi connectivity index (χ1) is 15.1. The second-order valence-corrected chi connectivity index (χ2v) is 9.36. The molecule has 1 atom stereocenters. The van der Waals surface area contributed by atoms with Crippen molar-refractivity contribution >= 4 is 39.7 Å².